The molecular formula is C12H13ClN4O2. The number of hydrogen-bond donors (Lipinski definition) is 1. The van der Waals surface area contributed by atoms with Crippen LogP contribution in [0.5, 0.6) is 0 Å². The summed E-state index contributed by atoms with van der Waals surface area (Å²) in [6, 6.07) is 6.41. The van der Waals surface area contributed by atoms with E-state index in [1.165, 1.54) is 6.07 Å². The van der Waals surface area contributed by atoms with Crippen molar-refractivity contribution >= 4 is 23.0 Å². The number of rotatable bonds is 5. The molecule has 1 N–H and O–H groups in total. The molecule has 7 heteroatoms. The summed E-state index contributed by atoms with van der Waals surface area (Å²) in [5.74, 6) is 0. The van der Waals surface area contributed by atoms with E-state index >= 15 is 0 Å². The molecule has 19 heavy (non-hydrogen) atoms. The van der Waals surface area contributed by atoms with Gasteiger partial charge in [-0.25, -0.2) is 0 Å². The van der Waals surface area contributed by atoms with Gasteiger partial charge in [0.2, 0.25) is 0 Å². The maximum absolute atomic E-state index is 10.9. The first-order valence-electron chi connectivity index (χ1n) is 5.80. The van der Waals surface area contributed by atoms with Crippen LogP contribution in [0.1, 0.15) is 12.6 Å². The van der Waals surface area contributed by atoms with Crippen LogP contribution in [0.2, 0.25) is 5.02 Å². The van der Waals surface area contributed by atoms with Gasteiger partial charge in [0.05, 0.1) is 17.2 Å². The number of nitrogens with zero attached hydrogens (tertiary/aromatic N) is 3. The molecule has 0 aliphatic heterocycles. The summed E-state index contributed by atoms with van der Waals surface area (Å²) < 4.78 is 1.80. The summed E-state index contributed by atoms with van der Waals surface area (Å²) in [6.45, 7) is 3.21. The Hall–Kier alpha value is -2.08. The second-order valence-corrected chi connectivity index (χ2v) is 4.37. The van der Waals surface area contributed by atoms with Crippen molar-refractivity contribution in [3.8, 4) is 0 Å². The SMILES string of the molecule is CCn1ccc(CNc2ccc(Cl)cc2[N+](=O)[O-])n1. The van der Waals surface area contributed by atoms with Gasteiger partial charge in [-0.05, 0) is 25.1 Å². The molecule has 0 saturated carbocycles. The fourth-order valence-electron chi connectivity index (χ4n) is 1.67. The van der Waals surface area contributed by atoms with Crippen LogP contribution in [-0.2, 0) is 13.1 Å². The number of nitrogens with one attached hydrogen (secondary N) is 1. The first-order chi connectivity index (χ1) is 9.10. The number of nitro benzene ring substituents is 1. The molecule has 0 bridgehead atoms. The zero-order valence-corrected chi connectivity index (χ0v) is 11.1. The minimum absolute atomic E-state index is 0.0394. The number of aromatic nitrogens is 2. The van der Waals surface area contributed by atoms with Crippen molar-refractivity contribution in [1.29, 1.82) is 0 Å². The van der Waals surface area contributed by atoms with Crippen molar-refractivity contribution in [2.24, 2.45) is 0 Å². The van der Waals surface area contributed by atoms with Crippen LogP contribution in [0, 0.1) is 10.1 Å². The van der Waals surface area contributed by atoms with Gasteiger partial charge in [0.15, 0.2) is 0 Å². The van der Waals surface area contributed by atoms with E-state index in [0.29, 0.717) is 17.3 Å². The minimum atomic E-state index is -0.459. The highest BCUT2D eigenvalue weighted by atomic mass is 35.5. The monoisotopic (exact) mass is 280 g/mol. The molecule has 6 nitrogen and oxygen atoms in total. The first kappa shape index (κ1) is 13.4. The van der Waals surface area contributed by atoms with Crippen LogP contribution in [0.4, 0.5) is 11.4 Å². The topological polar surface area (TPSA) is 73.0 Å². The summed E-state index contributed by atoms with van der Waals surface area (Å²) in [5, 5.41) is 18.6. The van der Waals surface area contributed by atoms with Crippen molar-refractivity contribution in [2.75, 3.05) is 5.32 Å². The van der Waals surface area contributed by atoms with Gasteiger partial charge in [-0.1, -0.05) is 11.6 Å². The standard InChI is InChI=1S/C12H13ClN4O2/c1-2-16-6-5-10(15-16)8-14-11-4-3-9(13)7-12(11)17(18)19/h3-7,14H,2,8H2,1H3. The summed E-state index contributed by atoms with van der Waals surface area (Å²) >= 11 is 5.75. The van der Waals surface area contributed by atoms with Gasteiger partial charge in [-0.3, -0.25) is 14.8 Å². The largest absolute Gasteiger partial charge is 0.374 e. The molecule has 1 heterocycles. The fourth-order valence-corrected chi connectivity index (χ4v) is 1.83. The molecule has 0 radical (unpaired) electrons. The lowest BCUT2D eigenvalue weighted by atomic mass is 10.2. The molecular weight excluding hydrogens is 268 g/mol. The molecule has 0 saturated heterocycles. The lowest BCUT2D eigenvalue weighted by Gasteiger charge is -2.05. The maximum Gasteiger partial charge on any atom is 0.293 e. The van der Waals surface area contributed by atoms with Crippen LogP contribution in [0.3, 0.4) is 0 Å². The molecule has 0 aliphatic carbocycles. The third-order valence-corrected chi connectivity index (χ3v) is 2.87. The van der Waals surface area contributed by atoms with Crippen LogP contribution in [0.25, 0.3) is 0 Å². The predicted octanol–water partition coefficient (Wildman–Crippen LogP) is 3.08. The van der Waals surface area contributed by atoms with E-state index in [2.05, 4.69) is 10.4 Å². The van der Waals surface area contributed by atoms with Gasteiger partial charge in [-0.2, -0.15) is 5.10 Å². The van der Waals surface area contributed by atoms with Crippen molar-refractivity contribution < 1.29 is 4.92 Å². The highest BCUT2D eigenvalue weighted by molar-refractivity contribution is 6.30. The van der Waals surface area contributed by atoms with Crippen LogP contribution >= 0.6 is 11.6 Å². The van der Waals surface area contributed by atoms with Crippen molar-refractivity contribution in [2.45, 2.75) is 20.0 Å². The summed E-state index contributed by atoms with van der Waals surface area (Å²) in [6.07, 6.45) is 1.87. The van der Waals surface area contributed by atoms with E-state index in [9.17, 15) is 10.1 Å². The van der Waals surface area contributed by atoms with Gasteiger partial charge < -0.3 is 5.32 Å². The fraction of sp³-hybridized carbons (Fsp3) is 0.250. The molecule has 0 amide bonds. The second-order valence-electron chi connectivity index (χ2n) is 3.93. The first-order valence-corrected chi connectivity index (χ1v) is 6.18. The average molecular weight is 281 g/mol. The number of benzene rings is 1. The predicted molar refractivity (Wildman–Crippen MR) is 73.3 cm³/mol. The molecule has 0 fully saturated rings. The van der Waals surface area contributed by atoms with E-state index in [1.807, 2.05) is 19.2 Å². The van der Waals surface area contributed by atoms with E-state index < -0.39 is 4.92 Å². The highest BCUT2D eigenvalue weighted by Gasteiger charge is 2.14. The third-order valence-electron chi connectivity index (χ3n) is 2.64. The molecule has 0 aliphatic rings. The van der Waals surface area contributed by atoms with E-state index in [0.717, 1.165) is 12.2 Å². The van der Waals surface area contributed by atoms with Crippen molar-refractivity contribution in [1.82, 2.24) is 9.78 Å². The zero-order chi connectivity index (χ0) is 13.8. The van der Waals surface area contributed by atoms with Gasteiger partial charge in [0, 0.05) is 23.8 Å². The Kier molecular flexibility index (Phi) is 4.01. The number of halogens is 1. The van der Waals surface area contributed by atoms with Gasteiger partial charge in [-0.15, -0.1) is 0 Å². The molecule has 0 unspecified atom stereocenters. The normalized spacial score (nSPS) is 10.4. The molecule has 1 aromatic heterocycles. The Morgan fingerprint density at radius 1 is 1.47 bits per heavy atom. The quantitative estimate of drug-likeness (QED) is 0.675. The van der Waals surface area contributed by atoms with Gasteiger partial charge >= 0.3 is 0 Å². The Morgan fingerprint density at radius 2 is 2.26 bits per heavy atom. The minimum Gasteiger partial charge on any atom is -0.374 e. The van der Waals surface area contributed by atoms with Gasteiger partial charge in [0.25, 0.3) is 5.69 Å². The third kappa shape index (κ3) is 3.23. The molecule has 2 rings (SSSR count). The Morgan fingerprint density at radius 3 is 2.89 bits per heavy atom. The van der Waals surface area contributed by atoms with Crippen LogP contribution in [-0.4, -0.2) is 14.7 Å². The van der Waals surface area contributed by atoms with Crippen molar-refractivity contribution in [3.63, 3.8) is 0 Å². The summed E-state index contributed by atoms with van der Waals surface area (Å²) in [4.78, 5) is 10.5. The van der Waals surface area contributed by atoms with E-state index in [4.69, 9.17) is 11.6 Å². The van der Waals surface area contributed by atoms with Gasteiger partial charge in [0.1, 0.15) is 5.69 Å². The molecule has 100 valence electrons. The zero-order valence-electron chi connectivity index (χ0n) is 10.3. The number of nitro groups is 1. The molecule has 2 aromatic rings. The highest BCUT2D eigenvalue weighted by Crippen LogP contribution is 2.27. The van der Waals surface area contributed by atoms with E-state index in [-0.39, 0.29) is 5.69 Å². The molecule has 0 atom stereocenters. The smallest absolute Gasteiger partial charge is 0.293 e. The van der Waals surface area contributed by atoms with Crippen LogP contribution < -0.4 is 5.32 Å². The van der Waals surface area contributed by atoms with Crippen molar-refractivity contribution in [3.05, 3.63) is 51.3 Å². The number of hydrogen-bond acceptors (Lipinski definition) is 4. The molecule has 0 spiro atoms. The Labute approximate surface area is 115 Å². The lowest BCUT2D eigenvalue weighted by molar-refractivity contribution is -0.383. The molecule has 1 aromatic carbocycles. The summed E-state index contributed by atoms with van der Waals surface area (Å²) in [5.41, 5.74) is 1.22. The summed E-state index contributed by atoms with van der Waals surface area (Å²) in [7, 11) is 0. The number of aryl methyl sites for hydroxylation is 1. The second kappa shape index (κ2) is 5.71. The maximum atomic E-state index is 10.9. The van der Waals surface area contributed by atoms with E-state index in [1.54, 1.807) is 16.8 Å². The van der Waals surface area contributed by atoms with Crippen LogP contribution in [0.15, 0.2) is 30.5 Å². The average Bonchev–Trinajstić information content (AvgIpc) is 2.85. The Balaban J connectivity index is 2.12. The lowest BCUT2D eigenvalue weighted by Crippen LogP contribution is -2.04. The Bertz CT molecular complexity index is 597. The number of anilines is 1.